The summed E-state index contributed by atoms with van der Waals surface area (Å²) < 4.78 is 0. The highest BCUT2D eigenvalue weighted by Gasteiger charge is 2.36. The Labute approximate surface area is 143 Å². The Morgan fingerprint density at radius 3 is 3.04 bits per heavy atom. The van der Waals surface area contributed by atoms with Crippen LogP contribution in [0.25, 0.3) is 0 Å². The minimum atomic E-state index is -0.103. The second-order valence-electron chi connectivity index (χ2n) is 6.56. The van der Waals surface area contributed by atoms with Crippen molar-refractivity contribution in [2.45, 2.75) is 38.8 Å². The molecule has 0 aromatic carbocycles. The zero-order chi connectivity index (χ0) is 16.7. The first-order chi connectivity index (χ1) is 11.6. The number of amides is 2. The standard InChI is InChI=1S/C17H20N4O2S/c1-10-8-19-16(24-10)14(12-2-3-12)20-17(23)21-7-5-11-4-6-18-15(22)13(11)9-21/h4,6,8,12,14H,2-3,5,7,9H2,1H3,(H,18,22)(H,20,23). The molecular weight excluding hydrogens is 324 g/mol. The molecule has 6 nitrogen and oxygen atoms in total. The molecule has 1 saturated carbocycles. The molecule has 1 unspecified atom stereocenters. The van der Waals surface area contributed by atoms with Gasteiger partial charge >= 0.3 is 6.03 Å². The first kappa shape index (κ1) is 15.4. The minimum Gasteiger partial charge on any atom is -0.329 e. The van der Waals surface area contributed by atoms with Crippen LogP contribution in [0.1, 0.15) is 39.9 Å². The Bertz CT molecular complexity index is 824. The van der Waals surface area contributed by atoms with Crippen LogP contribution < -0.4 is 10.9 Å². The van der Waals surface area contributed by atoms with Crippen LogP contribution in [0.4, 0.5) is 4.79 Å². The highest BCUT2D eigenvalue weighted by Crippen LogP contribution is 2.42. The van der Waals surface area contributed by atoms with Crippen molar-refractivity contribution in [3.63, 3.8) is 0 Å². The normalized spacial score (nSPS) is 18.1. The average Bonchev–Trinajstić information content (AvgIpc) is 3.33. The maximum absolute atomic E-state index is 12.7. The van der Waals surface area contributed by atoms with Crippen molar-refractivity contribution >= 4 is 17.4 Å². The highest BCUT2D eigenvalue weighted by atomic mass is 32.1. The van der Waals surface area contributed by atoms with Crippen molar-refractivity contribution in [1.82, 2.24) is 20.2 Å². The second kappa shape index (κ2) is 6.05. The van der Waals surface area contributed by atoms with Crippen LogP contribution in [-0.4, -0.2) is 27.4 Å². The Kier molecular flexibility index (Phi) is 3.88. The van der Waals surface area contributed by atoms with E-state index in [2.05, 4.69) is 15.3 Å². The number of aromatic nitrogens is 2. The fourth-order valence-corrected chi connectivity index (χ4v) is 4.13. The summed E-state index contributed by atoms with van der Waals surface area (Å²) in [4.78, 5) is 34.7. The number of carbonyl (C=O) groups is 1. The molecular formula is C17H20N4O2S. The smallest absolute Gasteiger partial charge is 0.318 e. The average molecular weight is 344 g/mol. The Morgan fingerprint density at radius 2 is 2.33 bits per heavy atom. The SMILES string of the molecule is Cc1cnc(C(NC(=O)N2CCc3cc[nH]c(=O)c3C2)C2CC2)s1. The molecule has 0 bridgehead atoms. The number of nitrogens with zero attached hydrogens (tertiary/aromatic N) is 2. The molecule has 0 spiro atoms. The van der Waals surface area contributed by atoms with E-state index in [4.69, 9.17) is 0 Å². The molecule has 126 valence electrons. The van der Waals surface area contributed by atoms with Gasteiger partial charge in [0.1, 0.15) is 5.01 Å². The molecule has 1 fully saturated rings. The van der Waals surface area contributed by atoms with Gasteiger partial charge in [0.2, 0.25) is 0 Å². The number of fused-ring (bicyclic) bond motifs is 1. The summed E-state index contributed by atoms with van der Waals surface area (Å²) in [7, 11) is 0. The zero-order valence-corrected chi connectivity index (χ0v) is 14.4. The maximum atomic E-state index is 12.7. The molecule has 4 rings (SSSR count). The topological polar surface area (TPSA) is 78.1 Å². The molecule has 0 radical (unpaired) electrons. The van der Waals surface area contributed by atoms with E-state index in [1.807, 2.05) is 19.2 Å². The third-order valence-electron chi connectivity index (χ3n) is 4.73. The summed E-state index contributed by atoms with van der Waals surface area (Å²) in [5.74, 6) is 0.486. The lowest BCUT2D eigenvalue weighted by molar-refractivity contribution is 0.186. The molecule has 7 heteroatoms. The van der Waals surface area contributed by atoms with Crippen molar-refractivity contribution in [3.05, 3.63) is 49.8 Å². The number of urea groups is 1. The summed E-state index contributed by atoms with van der Waals surface area (Å²) in [6.07, 6.45) is 6.51. The van der Waals surface area contributed by atoms with Crippen LogP contribution in [0.3, 0.4) is 0 Å². The number of nitrogens with one attached hydrogen (secondary N) is 2. The van der Waals surface area contributed by atoms with Gasteiger partial charge in [0.25, 0.3) is 5.56 Å². The van der Waals surface area contributed by atoms with Gasteiger partial charge in [-0.1, -0.05) is 0 Å². The number of hydrogen-bond donors (Lipinski definition) is 2. The molecule has 2 aromatic rings. The number of H-pyrrole nitrogens is 1. The fourth-order valence-electron chi connectivity index (χ4n) is 3.21. The Balaban J connectivity index is 1.50. The van der Waals surface area contributed by atoms with E-state index in [-0.39, 0.29) is 17.6 Å². The third kappa shape index (κ3) is 2.96. The quantitative estimate of drug-likeness (QED) is 0.897. The van der Waals surface area contributed by atoms with E-state index in [9.17, 15) is 9.59 Å². The number of rotatable bonds is 3. The maximum Gasteiger partial charge on any atom is 0.318 e. The van der Waals surface area contributed by atoms with Crippen LogP contribution in [0, 0.1) is 12.8 Å². The Hall–Kier alpha value is -2.15. The van der Waals surface area contributed by atoms with Crippen LogP contribution >= 0.6 is 11.3 Å². The molecule has 2 N–H and O–H groups in total. The van der Waals surface area contributed by atoms with Crippen molar-refractivity contribution in [2.75, 3.05) is 6.54 Å². The first-order valence-corrected chi connectivity index (χ1v) is 9.10. The summed E-state index contributed by atoms with van der Waals surface area (Å²) in [6.45, 7) is 3.03. The van der Waals surface area contributed by atoms with Gasteiger partial charge < -0.3 is 15.2 Å². The van der Waals surface area contributed by atoms with E-state index in [1.165, 1.54) is 0 Å². The summed E-state index contributed by atoms with van der Waals surface area (Å²) in [5, 5.41) is 4.14. The van der Waals surface area contributed by atoms with Gasteiger partial charge in [0.05, 0.1) is 12.6 Å². The molecule has 3 heterocycles. The minimum absolute atomic E-state index is 0.00773. The van der Waals surface area contributed by atoms with Gasteiger partial charge in [-0.25, -0.2) is 9.78 Å². The van der Waals surface area contributed by atoms with Crippen molar-refractivity contribution in [3.8, 4) is 0 Å². The number of carbonyl (C=O) groups excluding carboxylic acids is 1. The third-order valence-corrected chi connectivity index (χ3v) is 5.72. The number of hydrogen-bond acceptors (Lipinski definition) is 4. The fraction of sp³-hybridized carbons (Fsp3) is 0.471. The van der Waals surface area contributed by atoms with Crippen molar-refractivity contribution in [1.29, 1.82) is 0 Å². The number of aromatic amines is 1. The molecule has 24 heavy (non-hydrogen) atoms. The number of thiazole rings is 1. The van der Waals surface area contributed by atoms with Crippen LogP contribution in [-0.2, 0) is 13.0 Å². The van der Waals surface area contributed by atoms with E-state index in [0.29, 0.717) is 24.6 Å². The lowest BCUT2D eigenvalue weighted by Gasteiger charge is -2.30. The zero-order valence-electron chi connectivity index (χ0n) is 13.5. The number of aryl methyl sites for hydroxylation is 1. The van der Waals surface area contributed by atoms with Gasteiger partial charge in [-0.3, -0.25) is 4.79 Å². The Morgan fingerprint density at radius 1 is 1.50 bits per heavy atom. The van der Waals surface area contributed by atoms with Crippen LogP contribution in [0.2, 0.25) is 0 Å². The summed E-state index contributed by atoms with van der Waals surface area (Å²) >= 11 is 1.64. The van der Waals surface area contributed by atoms with Gasteiger partial charge in [0.15, 0.2) is 0 Å². The number of pyridine rings is 1. The van der Waals surface area contributed by atoms with Gasteiger partial charge in [0, 0.05) is 29.4 Å². The molecule has 2 aliphatic rings. The molecule has 0 saturated heterocycles. The van der Waals surface area contributed by atoms with E-state index >= 15 is 0 Å². The van der Waals surface area contributed by atoms with Crippen LogP contribution in [0.15, 0.2) is 23.3 Å². The van der Waals surface area contributed by atoms with Gasteiger partial charge in [-0.2, -0.15) is 0 Å². The molecule has 2 amide bonds. The molecule has 1 atom stereocenters. The van der Waals surface area contributed by atoms with Crippen molar-refractivity contribution < 1.29 is 4.79 Å². The molecule has 1 aliphatic heterocycles. The van der Waals surface area contributed by atoms with E-state index < -0.39 is 0 Å². The van der Waals surface area contributed by atoms with Crippen LogP contribution in [0.5, 0.6) is 0 Å². The molecule has 2 aromatic heterocycles. The summed E-state index contributed by atoms with van der Waals surface area (Å²) in [6, 6.07) is 1.82. The summed E-state index contributed by atoms with van der Waals surface area (Å²) in [5.41, 5.74) is 1.64. The van der Waals surface area contributed by atoms with E-state index in [1.54, 1.807) is 22.4 Å². The lowest BCUT2D eigenvalue weighted by atomic mass is 10.0. The van der Waals surface area contributed by atoms with Gasteiger partial charge in [-0.15, -0.1) is 11.3 Å². The second-order valence-corrected chi connectivity index (χ2v) is 7.82. The van der Waals surface area contributed by atoms with E-state index in [0.717, 1.165) is 34.7 Å². The lowest BCUT2D eigenvalue weighted by Crippen LogP contribution is -2.45. The predicted octanol–water partition coefficient (Wildman–Crippen LogP) is 2.36. The van der Waals surface area contributed by atoms with Crippen molar-refractivity contribution in [2.24, 2.45) is 5.92 Å². The first-order valence-electron chi connectivity index (χ1n) is 8.29. The highest BCUT2D eigenvalue weighted by molar-refractivity contribution is 7.11. The largest absolute Gasteiger partial charge is 0.329 e. The van der Waals surface area contributed by atoms with Gasteiger partial charge in [-0.05, 0) is 43.7 Å². The monoisotopic (exact) mass is 344 g/mol. The predicted molar refractivity (Wildman–Crippen MR) is 92.0 cm³/mol. The molecule has 1 aliphatic carbocycles.